The molecule has 0 saturated heterocycles. The average molecular weight is 299 g/mol. The van der Waals surface area contributed by atoms with E-state index in [9.17, 15) is 16.8 Å². The highest BCUT2D eigenvalue weighted by molar-refractivity contribution is 8.09. The summed E-state index contributed by atoms with van der Waals surface area (Å²) >= 11 is 5.78. The first-order valence-corrected chi connectivity index (χ1v) is 8.36. The summed E-state index contributed by atoms with van der Waals surface area (Å²) in [5.74, 6) is 0. The van der Waals surface area contributed by atoms with Crippen molar-refractivity contribution in [2.24, 2.45) is 0 Å². The molecule has 0 spiro atoms. The quantitative estimate of drug-likeness (QED) is 0.826. The Morgan fingerprint density at radius 1 is 1.12 bits per heavy atom. The highest BCUT2D eigenvalue weighted by atomic mass is 35.5. The number of nitrogen functional groups attached to an aromatic ring is 1. The number of sulfonamides is 2. The Hall–Kier alpha value is -0.990. The summed E-state index contributed by atoms with van der Waals surface area (Å²) in [7, 11) is -8.02. The van der Waals surface area contributed by atoms with E-state index >= 15 is 0 Å². The second-order valence-electron chi connectivity index (χ2n) is 3.43. The van der Waals surface area contributed by atoms with Crippen molar-refractivity contribution in [1.29, 1.82) is 0 Å². The number of nitrogens with two attached hydrogens (primary N) is 1. The predicted octanol–water partition coefficient (Wildman–Crippen LogP) is 0.648. The first kappa shape index (κ1) is 14.1. The van der Waals surface area contributed by atoms with Crippen LogP contribution in [0.4, 0.5) is 11.4 Å². The Balaban J connectivity index is 3.61. The van der Waals surface area contributed by atoms with Crippen LogP contribution >= 0.6 is 11.6 Å². The van der Waals surface area contributed by atoms with Gasteiger partial charge in [0.2, 0.25) is 20.0 Å². The van der Waals surface area contributed by atoms with Crippen LogP contribution in [0.15, 0.2) is 18.2 Å². The van der Waals surface area contributed by atoms with E-state index in [1.54, 1.807) is 0 Å². The summed E-state index contributed by atoms with van der Waals surface area (Å²) in [5.41, 5.74) is 5.50. The van der Waals surface area contributed by atoms with E-state index in [2.05, 4.69) is 0 Å². The molecule has 9 heteroatoms. The number of rotatable bonds is 3. The van der Waals surface area contributed by atoms with E-state index in [0.29, 0.717) is 0 Å². The molecule has 0 aliphatic rings. The van der Waals surface area contributed by atoms with Gasteiger partial charge in [-0.3, -0.25) is 0 Å². The minimum absolute atomic E-state index is 0.0185. The van der Waals surface area contributed by atoms with E-state index in [1.165, 1.54) is 18.2 Å². The summed E-state index contributed by atoms with van der Waals surface area (Å²) in [4.78, 5) is 0. The molecule has 6 nitrogen and oxygen atoms in total. The van der Waals surface area contributed by atoms with Crippen LogP contribution in [0.5, 0.6) is 0 Å². The summed E-state index contributed by atoms with van der Waals surface area (Å²) in [5, 5.41) is -0.0185. The molecule has 0 aromatic heterocycles. The molecule has 0 aliphatic heterocycles. The third-order valence-electron chi connectivity index (χ3n) is 1.77. The standard InChI is InChI=1S/C8H11ClN2O4S2/c1-16(12,13)11(17(2,14)15)8-5-6(10)3-4-7(8)9/h3-5H,10H2,1-2H3. The summed E-state index contributed by atoms with van der Waals surface area (Å²) in [6.45, 7) is 0. The number of halogens is 1. The largest absolute Gasteiger partial charge is 0.399 e. The number of hydrogen-bond acceptors (Lipinski definition) is 5. The molecule has 0 radical (unpaired) electrons. The maximum absolute atomic E-state index is 11.5. The normalized spacial score (nSPS) is 12.4. The van der Waals surface area contributed by atoms with Crippen molar-refractivity contribution >= 4 is 43.0 Å². The zero-order valence-electron chi connectivity index (χ0n) is 9.08. The minimum atomic E-state index is -4.01. The van der Waals surface area contributed by atoms with Gasteiger partial charge in [-0.25, -0.2) is 16.8 Å². The molecule has 0 heterocycles. The third-order valence-corrected chi connectivity index (χ3v) is 5.31. The lowest BCUT2D eigenvalue weighted by Gasteiger charge is -2.21. The van der Waals surface area contributed by atoms with Gasteiger partial charge in [-0.05, 0) is 18.2 Å². The molecule has 17 heavy (non-hydrogen) atoms. The third kappa shape index (κ3) is 3.24. The van der Waals surface area contributed by atoms with Crippen molar-refractivity contribution in [3.05, 3.63) is 23.2 Å². The Kier molecular flexibility index (Phi) is 3.60. The van der Waals surface area contributed by atoms with Crippen molar-refractivity contribution in [3.63, 3.8) is 0 Å². The molecule has 1 rings (SSSR count). The Labute approximate surface area is 105 Å². The Morgan fingerprint density at radius 2 is 1.59 bits per heavy atom. The molecule has 2 N–H and O–H groups in total. The molecular weight excluding hydrogens is 288 g/mol. The van der Waals surface area contributed by atoms with Gasteiger partial charge in [0.05, 0.1) is 23.2 Å². The van der Waals surface area contributed by atoms with Crippen molar-refractivity contribution in [2.45, 2.75) is 0 Å². The Bertz CT molecular complexity index is 607. The van der Waals surface area contributed by atoms with Crippen LogP contribution in [0.25, 0.3) is 0 Å². The van der Waals surface area contributed by atoms with Crippen LogP contribution in [0.1, 0.15) is 0 Å². The van der Waals surface area contributed by atoms with Crippen LogP contribution in [0.2, 0.25) is 5.02 Å². The number of nitrogens with zero attached hydrogens (tertiary/aromatic N) is 1. The molecule has 96 valence electrons. The van der Waals surface area contributed by atoms with Crippen LogP contribution in [-0.4, -0.2) is 29.3 Å². The SMILES string of the molecule is CS(=O)(=O)N(c1cc(N)ccc1Cl)S(C)(=O)=O. The van der Waals surface area contributed by atoms with Crippen molar-refractivity contribution in [3.8, 4) is 0 Å². The maximum atomic E-state index is 11.5. The van der Waals surface area contributed by atoms with Crippen LogP contribution in [0.3, 0.4) is 0 Å². The molecule has 1 aromatic carbocycles. The predicted molar refractivity (Wildman–Crippen MR) is 68.0 cm³/mol. The van der Waals surface area contributed by atoms with Gasteiger partial charge in [0.15, 0.2) is 0 Å². The molecule has 0 bridgehead atoms. The zero-order chi connectivity index (χ0) is 13.4. The number of hydrogen-bond donors (Lipinski definition) is 1. The average Bonchev–Trinajstić information content (AvgIpc) is 2.06. The summed E-state index contributed by atoms with van der Waals surface area (Å²) in [6, 6.07) is 3.95. The molecule has 0 atom stereocenters. The van der Waals surface area contributed by atoms with Gasteiger partial charge in [-0.1, -0.05) is 11.6 Å². The molecule has 0 amide bonds. The van der Waals surface area contributed by atoms with Crippen molar-refractivity contribution in [1.82, 2.24) is 0 Å². The van der Waals surface area contributed by atoms with Gasteiger partial charge in [0.25, 0.3) is 0 Å². The fraction of sp³-hybridized carbons (Fsp3) is 0.250. The molecule has 0 saturated carbocycles. The molecule has 0 unspecified atom stereocenters. The zero-order valence-corrected chi connectivity index (χ0v) is 11.5. The van der Waals surface area contributed by atoms with Crippen molar-refractivity contribution < 1.29 is 16.8 Å². The second kappa shape index (κ2) is 4.35. The van der Waals surface area contributed by atoms with Crippen LogP contribution in [-0.2, 0) is 20.0 Å². The fourth-order valence-electron chi connectivity index (χ4n) is 1.27. The van der Waals surface area contributed by atoms with Gasteiger partial charge in [0.1, 0.15) is 0 Å². The highest BCUT2D eigenvalue weighted by Gasteiger charge is 2.29. The first-order valence-electron chi connectivity index (χ1n) is 4.29. The minimum Gasteiger partial charge on any atom is -0.399 e. The summed E-state index contributed by atoms with van der Waals surface area (Å²) < 4.78 is 46.2. The van der Waals surface area contributed by atoms with E-state index in [0.717, 1.165) is 12.5 Å². The topological polar surface area (TPSA) is 97.5 Å². The molecule has 1 aromatic rings. The van der Waals surface area contributed by atoms with Gasteiger partial charge in [0, 0.05) is 5.69 Å². The number of anilines is 2. The lowest BCUT2D eigenvalue weighted by atomic mass is 10.3. The molecule has 0 fully saturated rings. The van der Waals surface area contributed by atoms with E-state index in [-0.39, 0.29) is 20.1 Å². The smallest absolute Gasteiger partial charge is 0.245 e. The Morgan fingerprint density at radius 3 is 2.00 bits per heavy atom. The van der Waals surface area contributed by atoms with Gasteiger partial charge < -0.3 is 5.73 Å². The molecular formula is C8H11ClN2O4S2. The second-order valence-corrected chi connectivity index (χ2v) is 7.73. The fourth-order valence-corrected chi connectivity index (χ4v) is 4.56. The summed E-state index contributed by atoms with van der Waals surface area (Å²) in [6.07, 6.45) is 1.54. The number of benzene rings is 1. The van der Waals surface area contributed by atoms with Crippen molar-refractivity contribution in [2.75, 3.05) is 22.0 Å². The van der Waals surface area contributed by atoms with Crippen LogP contribution < -0.4 is 9.44 Å². The molecule has 0 aliphatic carbocycles. The van der Waals surface area contributed by atoms with Gasteiger partial charge >= 0.3 is 0 Å². The maximum Gasteiger partial charge on any atom is 0.245 e. The van der Waals surface area contributed by atoms with E-state index in [1.807, 2.05) is 0 Å². The van der Waals surface area contributed by atoms with E-state index < -0.39 is 20.0 Å². The van der Waals surface area contributed by atoms with Crippen LogP contribution in [0, 0.1) is 0 Å². The van der Waals surface area contributed by atoms with E-state index in [4.69, 9.17) is 17.3 Å². The van der Waals surface area contributed by atoms with Gasteiger partial charge in [-0.15, -0.1) is 0 Å². The van der Waals surface area contributed by atoms with Gasteiger partial charge in [-0.2, -0.15) is 3.71 Å². The lowest BCUT2D eigenvalue weighted by Crippen LogP contribution is -2.35. The first-order chi connectivity index (χ1) is 7.53. The monoisotopic (exact) mass is 298 g/mol. The highest BCUT2D eigenvalue weighted by Crippen LogP contribution is 2.31. The lowest BCUT2D eigenvalue weighted by molar-refractivity contribution is 0.591.